The summed E-state index contributed by atoms with van der Waals surface area (Å²) in [6.07, 6.45) is 1.07. The van der Waals surface area contributed by atoms with Gasteiger partial charge in [0, 0.05) is 44.7 Å². The minimum atomic E-state index is 0.638. The lowest BCUT2D eigenvalue weighted by molar-refractivity contribution is 0.209. The van der Waals surface area contributed by atoms with Gasteiger partial charge in [0.05, 0.1) is 5.52 Å². The zero-order chi connectivity index (χ0) is 15.0. The highest BCUT2D eigenvalue weighted by Crippen LogP contribution is 2.28. The molecular weight excluding hydrogens is 260 g/mol. The molecule has 0 saturated carbocycles. The van der Waals surface area contributed by atoms with E-state index in [4.69, 9.17) is 5.10 Å². The Morgan fingerprint density at radius 1 is 1.14 bits per heavy atom. The first-order valence-electron chi connectivity index (χ1n) is 8.04. The van der Waals surface area contributed by atoms with Gasteiger partial charge in [0.2, 0.25) is 0 Å². The summed E-state index contributed by atoms with van der Waals surface area (Å²) < 4.78 is 2.01. The molecule has 2 aromatic rings. The molecule has 4 heteroatoms. The number of rotatable bonds is 3. The Bertz CT molecular complexity index is 621. The van der Waals surface area contributed by atoms with Crippen molar-refractivity contribution in [3.63, 3.8) is 0 Å². The molecule has 21 heavy (non-hydrogen) atoms. The van der Waals surface area contributed by atoms with E-state index in [9.17, 15) is 0 Å². The Balaban J connectivity index is 1.90. The minimum absolute atomic E-state index is 0.638. The zero-order valence-corrected chi connectivity index (χ0v) is 13.6. The first-order chi connectivity index (χ1) is 10.1. The number of anilines is 1. The predicted octanol–water partition coefficient (Wildman–Crippen LogP) is 2.67. The number of nitrogens with zero attached hydrogens (tertiary/aromatic N) is 4. The van der Waals surface area contributed by atoms with Crippen molar-refractivity contribution in [1.82, 2.24) is 14.7 Å². The second-order valence-corrected chi connectivity index (χ2v) is 6.27. The highest BCUT2D eigenvalue weighted by atomic mass is 15.4. The van der Waals surface area contributed by atoms with Gasteiger partial charge < -0.3 is 4.90 Å². The molecule has 0 unspecified atom stereocenters. The third kappa shape index (κ3) is 2.64. The average molecular weight is 286 g/mol. The lowest BCUT2D eigenvalue weighted by Crippen LogP contribution is -2.49. The Hall–Kier alpha value is -1.55. The lowest BCUT2D eigenvalue weighted by Gasteiger charge is -2.37. The number of fused-ring (bicyclic) bond motifs is 1. The van der Waals surface area contributed by atoms with Crippen molar-refractivity contribution in [1.29, 1.82) is 0 Å². The second kappa shape index (κ2) is 5.68. The van der Waals surface area contributed by atoms with E-state index in [1.807, 2.05) is 11.7 Å². The van der Waals surface area contributed by atoms with E-state index in [1.54, 1.807) is 0 Å². The van der Waals surface area contributed by atoms with Crippen molar-refractivity contribution in [2.24, 2.45) is 7.05 Å². The summed E-state index contributed by atoms with van der Waals surface area (Å²) in [6, 6.07) is 7.37. The molecule has 0 aliphatic carbocycles. The van der Waals surface area contributed by atoms with Crippen molar-refractivity contribution in [3.05, 3.63) is 23.8 Å². The smallest absolute Gasteiger partial charge is 0.158 e. The fraction of sp³-hybridized carbons (Fsp3) is 0.588. The summed E-state index contributed by atoms with van der Waals surface area (Å²) in [5.74, 6) is 1.16. The third-order valence-corrected chi connectivity index (χ3v) is 4.65. The molecule has 0 radical (unpaired) electrons. The largest absolute Gasteiger partial charge is 0.352 e. The highest BCUT2D eigenvalue weighted by Gasteiger charge is 2.22. The molecule has 1 aliphatic rings. The van der Waals surface area contributed by atoms with Crippen LogP contribution in [-0.4, -0.2) is 46.9 Å². The van der Waals surface area contributed by atoms with Crippen LogP contribution in [0.5, 0.6) is 0 Å². The Morgan fingerprint density at radius 2 is 1.86 bits per heavy atom. The molecule has 0 N–H and O–H groups in total. The molecular formula is C17H26N4. The summed E-state index contributed by atoms with van der Waals surface area (Å²) in [7, 11) is 2.04. The van der Waals surface area contributed by atoms with Gasteiger partial charge in [0.25, 0.3) is 0 Å². The van der Waals surface area contributed by atoms with Crippen LogP contribution < -0.4 is 4.90 Å². The molecule has 0 amide bonds. The molecule has 3 rings (SSSR count). The molecule has 0 atom stereocenters. The molecule has 1 aromatic heterocycles. The van der Waals surface area contributed by atoms with E-state index in [0.29, 0.717) is 6.04 Å². The van der Waals surface area contributed by atoms with Crippen molar-refractivity contribution in [2.45, 2.75) is 33.2 Å². The number of hydrogen-bond donors (Lipinski definition) is 0. The molecule has 114 valence electrons. The van der Waals surface area contributed by atoms with Crippen LogP contribution >= 0.6 is 0 Å². The lowest BCUT2D eigenvalue weighted by atomic mass is 10.1. The van der Waals surface area contributed by atoms with Crippen LogP contribution in [0.2, 0.25) is 0 Å². The van der Waals surface area contributed by atoms with E-state index in [-0.39, 0.29) is 0 Å². The molecule has 1 saturated heterocycles. The molecule has 0 bridgehead atoms. The van der Waals surface area contributed by atoms with E-state index in [0.717, 1.165) is 38.4 Å². The van der Waals surface area contributed by atoms with Gasteiger partial charge >= 0.3 is 0 Å². The van der Waals surface area contributed by atoms with Gasteiger partial charge in [0.1, 0.15) is 0 Å². The molecule has 1 aromatic carbocycles. The van der Waals surface area contributed by atoms with E-state index >= 15 is 0 Å². The van der Waals surface area contributed by atoms with Crippen molar-refractivity contribution < 1.29 is 0 Å². The number of benzene rings is 1. The summed E-state index contributed by atoms with van der Waals surface area (Å²) in [5, 5.41) is 6.08. The monoisotopic (exact) mass is 286 g/mol. The Morgan fingerprint density at radius 3 is 2.48 bits per heavy atom. The summed E-state index contributed by atoms with van der Waals surface area (Å²) in [6.45, 7) is 11.2. The topological polar surface area (TPSA) is 24.3 Å². The van der Waals surface area contributed by atoms with Gasteiger partial charge in [-0.3, -0.25) is 9.58 Å². The first kappa shape index (κ1) is 14.4. The number of aromatic nitrogens is 2. The number of aryl methyl sites for hydroxylation is 2. The number of piperazine rings is 1. The SMILES string of the molecule is CCc1ccc2c(c1)c(N1CCN(C(C)C)CC1)nn2C. The maximum absolute atomic E-state index is 4.78. The van der Waals surface area contributed by atoms with Crippen LogP contribution in [0.15, 0.2) is 18.2 Å². The fourth-order valence-corrected chi connectivity index (χ4v) is 3.20. The van der Waals surface area contributed by atoms with Crippen LogP contribution in [0.3, 0.4) is 0 Å². The second-order valence-electron chi connectivity index (χ2n) is 6.27. The Labute approximate surface area is 127 Å². The molecule has 0 spiro atoms. The van der Waals surface area contributed by atoms with E-state index in [2.05, 4.69) is 48.8 Å². The molecule has 1 aliphatic heterocycles. The van der Waals surface area contributed by atoms with Gasteiger partial charge in [-0.25, -0.2) is 0 Å². The van der Waals surface area contributed by atoms with Gasteiger partial charge in [-0.05, 0) is 38.0 Å². The number of hydrogen-bond acceptors (Lipinski definition) is 3. The summed E-state index contributed by atoms with van der Waals surface area (Å²) >= 11 is 0. The normalized spacial score (nSPS) is 17.1. The van der Waals surface area contributed by atoms with Crippen LogP contribution in [-0.2, 0) is 13.5 Å². The molecule has 4 nitrogen and oxygen atoms in total. The van der Waals surface area contributed by atoms with E-state index in [1.165, 1.54) is 16.5 Å². The van der Waals surface area contributed by atoms with Crippen LogP contribution in [0, 0.1) is 0 Å². The maximum Gasteiger partial charge on any atom is 0.158 e. The van der Waals surface area contributed by atoms with Crippen molar-refractivity contribution in [2.75, 3.05) is 31.1 Å². The molecule has 2 heterocycles. The zero-order valence-electron chi connectivity index (χ0n) is 13.6. The van der Waals surface area contributed by atoms with Crippen LogP contribution in [0.4, 0.5) is 5.82 Å². The average Bonchev–Trinajstić information content (AvgIpc) is 2.84. The van der Waals surface area contributed by atoms with Gasteiger partial charge in [-0.15, -0.1) is 0 Å². The summed E-state index contributed by atoms with van der Waals surface area (Å²) in [4.78, 5) is 4.99. The quantitative estimate of drug-likeness (QED) is 0.867. The predicted molar refractivity (Wildman–Crippen MR) is 89.0 cm³/mol. The standard InChI is InChI=1S/C17H26N4/c1-5-14-6-7-16-15(12-14)17(18-19(16)4)21-10-8-20(9-11-21)13(2)3/h6-7,12-13H,5,8-11H2,1-4H3. The highest BCUT2D eigenvalue weighted by molar-refractivity contribution is 5.91. The van der Waals surface area contributed by atoms with Crippen molar-refractivity contribution in [3.8, 4) is 0 Å². The maximum atomic E-state index is 4.78. The molecule has 1 fully saturated rings. The van der Waals surface area contributed by atoms with Crippen LogP contribution in [0.1, 0.15) is 26.3 Å². The van der Waals surface area contributed by atoms with E-state index < -0.39 is 0 Å². The van der Waals surface area contributed by atoms with Gasteiger partial charge in [-0.2, -0.15) is 5.10 Å². The van der Waals surface area contributed by atoms with Gasteiger partial charge in [-0.1, -0.05) is 13.0 Å². The Kier molecular flexibility index (Phi) is 3.89. The minimum Gasteiger partial charge on any atom is -0.352 e. The first-order valence-corrected chi connectivity index (χ1v) is 8.04. The van der Waals surface area contributed by atoms with Crippen LogP contribution in [0.25, 0.3) is 10.9 Å². The van der Waals surface area contributed by atoms with Crippen molar-refractivity contribution >= 4 is 16.7 Å². The summed E-state index contributed by atoms with van der Waals surface area (Å²) in [5.41, 5.74) is 2.62. The third-order valence-electron chi connectivity index (χ3n) is 4.65. The fourth-order valence-electron chi connectivity index (χ4n) is 3.20. The van der Waals surface area contributed by atoms with Gasteiger partial charge in [0.15, 0.2) is 5.82 Å².